The molecule has 2 heteroatoms. The smallest absolute Gasteiger partial charge is 0.00861 e. The van der Waals surface area contributed by atoms with Gasteiger partial charge < -0.3 is 0 Å². The maximum absolute atomic E-state index is 2.47. The van der Waals surface area contributed by atoms with Gasteiger partial charge in [0.05, 0.1) is 0 Å². The first-order chi connectivity index (χ1) is 4.86. The Morgan fingerprint density at radius 2 is 2.10 bits per heavy atom. The lowest BCUT2D eigenvalue weighted by molar-refractivity contribution is 0.620. The van der Waals surface area contributed by atoms with E-state index in [9.17, 15) is 0 Å². The first kappa shape index (κ1) is 8.79. The summed E-state index contributed by atoms with van der Waals surface area (Å²) in [6.45, 7) is 0. The molecule has 0 aliphatic heterocycles. The highest BCUT2D eigenvalue weighted by Gasteiger charge is 2.19. The second-order valence-corrected chi connectivity index (χ2v) is 4.90. The van der Waals surface area contributed by atoms with Crippen LogP contribution in [0, 0.1) is 6.42 Å². The van der Waals surface area contributed by atoms with Crippen LogP contribution < -0.4 is 0 Å². The van der Waals surface area contributed by atoms with Crippen LogP contribution >= 0.6 is 23.5 Å². The van der Waals surface area contributed by atoms with E-state index < -0.39 is 0 Å². The minimum atomic E-state index is 0.839. The maximum atomic E-state index is 2.47. The van der Waals surface area contributed by atoms with E-state index in [0.29, 0.717) is 0 Å². The predicted octanol–water partition coefficient (Wildman–Crippen LogP) is 2.84. The summed E-state index contributed by atoms with van der Waals surface area (Å²) in [7, 11) is 0. The van der Waals surface area contributed by atoms with E-state index in [0.717, 1.165) is 10.5 Å². The molecule has 1 saturated carbocycles. The quantitative estimate of drug-likeness (QED) is 0.633. The SMILES string of the molecule is CSC1[CH]CCC(SC)C1. The van der Waals surface area contributed by atoms with Crippen LogP contribution in [0.15, 0.2) is 0 Å². The fourth-order valence-corrected chi connectivity index (χ4v) is 2.99. The van der Waals surface area contributed by atoms with Gasteiger partial charge in [-0.05, 0) is 38.2 Å². The molecule has 1 aliphatic rings. The zero-order valence-electron chi connectivity index (χ0n) is 6.67. The van der Waals surface area contributed by atoms with Crippen LogP contribution in [0.2, 0.25) is 0 Å². The molecular weight excluding hydrogens is 160 g/mol. The summed E-state index contributed by atoms with van der Waals surface area (Å²) in [6.07, 6.45) is 11.0. The summed E-state index contributed by atoms with van der Waals surface area (Å²) >= 11 is 4.03. The summed E-state index contributed by atoms with van der Waals surface area (Å²) in [6, 6.07) is 0. The normalized spacial score (nSPS) is 34.2. The topological polar surface area (TPSA) is 0 Å². The van der Waals surface area contributed by atoms with E-state index in [4.69, 9.17) is 0 Å². The molecule has 0 bridgehead atoms. The number of rotatable bonds is 2. The van der Waals surface area contributed by atoms with Crippen molar-refractivity contribution in [3.63, 3.8) is 0 Å². The molecular formula is C8H15S2. The summed E-state index contributed by atoms with van der Waals surface area (Å²) in [5.74, 6) is 0. The van der Waals surface area contributed by atoms with Crippen LogP contribution in [0.3, 0.4) is 0 Å². The van der Waals surface area contributed by atoms with Crippen molar-refractivity contribution in [1.82, 2.24) is 0 Å². The Morgan fingerprint density at radius 3 is 2.70 bits per heavy atom. The van der Waals surface area contributed by atoms with Crippen molar-refractivity contribution in [2.24, 2.45) is 0 Å². The van der Waals surface area contributed by atoms with Crippen LogP contribution in [-0.2, 0) is 0 Å². The fraction of sp³-hybridized carbons (Fsp3) is 0.875. The Labute approximate surface area is 72.5 Å². The first-order valence-electron chi connectivity index (χ1n) is 3.75. The molecule has 1 aliphatic carbocycles. The molecule has 0 amide bonds. The monoisotopic (exact) mass is 175 g/mol. The van der Waals surface area contributed by atoms with Gasteiger partial charge in [0.2, 0.25) is 0 Å². The minimum Gasteiger partial charge on any atom is -0.162 e. The molecule has 2 unspecified atom stereocenters. The lowest BCUT2D eigenvalue weighted by atomic mass is 10.00. The molecule has 0 N–H and O–H groups in total. The average molecular weight is 175 g/mol. The number of thioether (sulfide) groups is 2. The molecule has 2 atom stereocenters. The van der Waals surface area contributed by atoms with Crippen molar-refractivity contribution in [3.05, 3.63) is 6.42 Å². The Kier molecular flexibility index (Phi) is 4.00. The van der Waals surface area contributed by atoms with Gasteiger partial charge in [0.1, 0.15) is 0 Å². The Hall–Kier alpha value is 0.700. The maximum Gasteiger partial charge on any atom is 0.00861 e. The van der Waals surface area contributed by atoms with E-state index in [1.165, 1.54) is 19.3 Å². The van der Waals surface area contributed by atoms with Crippen LogP contribution in [0.5, 0.6) is 0 Å². The van der Waals surface area contributed by atoms with E-state index in [1.807, 2.05) is 23.5 Å². The highest BCUT2D eigenvalue weighted by molar-refractivity contribution is 8.00. The van der Waals surface area contributed by atoms with Crippen LogP contribution in [0.1, 0.15) is 19.3 Å². The van der Waals surface area contributed by atoms with E-state index >= 15 is 0 Å². The second-order valence-electron chi connectivity index (χ2n) is 2.68. The van der Waals surface area contributed by atoms with Gasteiger partial charge in [0.15, 0.2) is 0 Å². The predicted molar refractivity (Wildman–Crippen MR) is 52.8 cm³/mol. The number of hydrogen-bond donors (Lipinski definition) is 0. The van der Waals surface area contributed by atoms with Crippen LogP contribution in [0.4, 0.5) is 0 Å². The van der Waals surface area contributed by atoms with Crippen molar-refractivity contribution in [1.29, 1.82) is 0 Å². The van der Waals surface area contributed by atoms with Crippen LogP contribution in [-0.4, -0.2) is 23.0 Å². The first-order valence-corrected chi connectivity index (χ1v) is 6.33. The molecule has 0 nitrogen and oxygen atoms in total. The summed E-state index contributed by atoms with van der Waals surface area (Å²) in [4.78, 5) is 0. The second kappa shape index (κ2) is 4.55. The van der Waals surface area contributed by atoms with Gasteiger partial charge in [0, 0.05) is 10.5 Å². The summed E-state index contributed by atoms with van der Waals surface area (Å²) in [5, 5.41) is 1.77. The van der Waals surface area contributed by atoms with Crippen molar-refractivity contribution < 1.29 is 0 Å². The third kappa shape index (κ3) is 2.39. The highest BCUT2D eigenvalue weighted by atomic mass is 32.2. The lowest BCUT2D eigenvalue weighted by Gasteiger charge is -2.26. The molecule has 59 valence electrons. The van der Waals surface area contributed by atoms with Gasteiger partial charge in [0.25, 0.3) is 0 Å². The van der Waals surface area contributed by atoms with Gasteiger partial charge in [-0.2, -0.15) is 23.5 Å². The molecule has 0 aromatic carbocycles. The van der Waals surface area contributed by atoms with Gasteiger partial charge in [-0.3, -0.25) is 0 Å². The lowest BCUT2D eigenvalue weighted by Crippen LogP contribution is -2.19. The van der Waals surface area contributed by atoms with Gasteiger partial charge in [-0.25, -0.2) is 0 Å². The molecule has 0 spiro atoms. The Morgan fingerprint density at radius 1 is 1.30 bits per heavy atom. The zero-order valence-corrected chi connectivity index (χ0v) is 8.30. The van der Waals surface area contributed by atoms with Gasteiger partial charge in [-0.15, -0.1) is 0 Å². The molecule has 0 heterocycles. The largest absolute Gasteiger partial charge is 0.162 e. The van der Waals surface area contributed by atoms with Crippen LogP contribution in [0.25, 0.3) is 0 Å². The molecule has 0 saturated heterocycles. The molecule has 1 fully saturated rings. The van der Waals surface area contributed by atoms with Crippen molar-refractivity contribution in [3.8, 4) is 0 Å². The van der Waals surface area contributed by atoms with Gasteiger partial charge in [-0.1, -0.05) is 0 Å². The highest BCUT2D eigenvalue weighted by Crippen LogP contribution is 2.31. The van der Waals surface area contributed by atoms with Crippen molar-refractivity contribution >= 4 is 23.5 Å². The molecule has 0 aromatic rings. The molecule has 1 rings (SSSR count). The minimum absolute atomic E-state index is 0.839. The summed E-state index contributed by atoms with van der Waals surface area (Å²) < 4.78 is 0. The van der Waals surface area contributed by atoms with E-state index in [2.05, 4.69) is 18.9 Å². The molecule has 10 heavy (non-hydrogen) atoms. The standard InChI is InChI=1S/C8H15S2/c1-9-7-4-3-5-8(6-7)10-2/h4,7-8H,3,5-6H2,1-2H3. The fourth-order valence-electron chi connectivity index (χ4n) is 1.35. The van der Waals surface area contributed by atoms with E-state index in [1.54, 1.807) is 0 Å². The molecule has 0 aromatic heterocycles. The van der Waals surface area contributed by atoms with Crippen molar-refractivity contribution in [2.45, 2.75) is 29.8 Å². The third-order valence-corrected chi connectivity index (χ3v) is 4.13. The zero-order chi connectivity index (χ0) is 7.40. The third-order valence-electron chi connectivity index (χ3n) is 2.05. The van der Waals surface area contributed by atoms with E-state index in [-0.39, 0.29) is 0 Å². The van der Waals surface area contributed by atoms with Gasteiger partial charge >= 0.3 is 0 Å². The molecule has 1 radical (unpaired) electrons. The average Bonchev–Trinajstić information content (AvgIpc) is 2.05. The number of hydrogen-bond acceptors (Lipinski definition) is 2. The van der Waals surface area contributed by atoms with Crippen molar-refractivity contribution in [2.75, 3.05) is 12.5 Å². The Bertz CT molecular complexity index is 83.3. The summed E-state index contributed by atoms with van der Waals surface area (Å²) in [5.41, 5.74) is 0. The Balaban J connectivity index is 2.25.